The Morgan fingerprint density at radius 3 is 2.30 bits per heavy atom. The summed E-state index contributed by atoms with van der Waals surface area (Å²) in [5, 5.41) is 2.21. The van der Waals surface area contributed by atoms with Crippen molar-refractivity contribution in [2.24, 2.45) is 5.92 Å². The van der Waals surface area contributed by atoms with Gasteiger partial charge in [-0.1, -0.05) is 19.3 Å². The van der Waals surface area contributed by atoms with Crippen LogP contribution in [0.2, 0.25) is 0 Å². The lowest BCUT2D eigenvalue weighted by molar-refractivity contribution is -0.135. The monoisotopic (exact) mass is 292 g/mol. The second kappa shape index (κ2) is 6.78. The molecule has 2 fully saturated rings. The number of rotatable bonds is 6. The van der Waals surface area contributed by atoms with Crippen molar-refractivity contribution in [3.63, 3.8) is 0 Å². The van der Waals surface area contributed by atoms with Crippen LogP contribution in [0.1, 0.15) is 44.9 Å². The van der Waals surface area contributed by atoms with Gasteiger partial charge >= 0.3 is 6.18 Å². The first-order chi connectivity index (χ1) is 9.46. The van der Waals surface area contributed by atoms with Gasteiger partial charge in [0.1, 0.15) is 0 Å². The molecule has 20 heavy (non-hydrogen) atoms. The topological polar surface area (TPSA) is 32.3 Å². The van der Waals surface area contributed by atoms with Crippen molar-refractivity contribution in [1.29, 1.82) is 0 Å². The van der Waals surface area contributed by atoms with E-state index in [2.05, 4.69) is 5.32 Å². The summed E-state index contributed by atoms with van der Waals surface area (Å²) in [4.78, 5) is 13.9. The van der Waals surface area contributed by atoms with E-state index in [1.807, 2.05) is 4.90 Å². The first-order valence-electron chi connectivity index (χ1n) is 7.52. The molecule has 2 aliphatic rings. The summed E-state index contributed by atoms with van der Waals surface area (Å²) in [6.07, 6.45) is 3.72. The summed E-state index contributed by atoms with van der Waals surface area (Å²) in [7, 11) is 0. The minimum Gasteiger partial charge on any atom is -0.338 e. The number of amides is 1. The van der Waals surface area contributed by atoms with Gasteiger partial charge in [0.2, 0.25) is 5.91 Å². The molecule has 6 heteroatoms. The molecule has 0 saturated heterocycles. The predicted octanol–water partition coefficient (Wildman–Crippen LogP) is 2.71. The van der Waals surface area contributed by atoms with E-state index in [1.165, 1.54) is 19.3 Å². The third-order valence-corrected chi connectivity index (χ3v) is 4.09. The lowest BCUT2D eigenvalue weighted by Crippen LogP contribution is -2.44. The van der Waals surface area contributed by atoms with Crippen molar-refractivity contribution in [1.82, 2.24) is 10.2 Å². The van der Waals surface area contributed by atoms with Crippen LogP contribution >= 0.6 is 0 Å². The maximum Gasteiger partial charge on any atom is 0.401 e. The molecule has 1 amide bonds. The van der Waals surface area contributed by atoms with Gasteiger partial charge in [-0.2, -0.15) is 13.2 Å². The molecule has 116 valence electrons. The molecule has 2 rings (SSSR count). The molecule has 3 nitrogen and oxygen atoms in total. The number of nitrogens with one attached hydrogen (secondary N) is 1. The van der Waals surface area contributed by atoms with Crippen LogP contribution in [-0.4, -0.2) is 42.7 Å². The van der Waals surface area contributed by atoms with Crippen LogP contribution in [0.4, 0.5) is 13.2 Å². The Morgan fingerprint density at radius 1 is 1.10 bits per heavy atom. The highest BCUT2D eigenvalue weighted by Crippen LogP contribution is 2.31. The Hall–Kier alpha value is -0.780. The third kappa shape index (κ3) is 5.31. The van der Waals surface area contributed by atoms with Gasteiger partial charge < -0.3 is 10.2 Å². The van der Waals surface area contributed by atoms with Crippen molar-refractivity contribution < 1.29 is 18.0 Å². The van der Waals surface area contributed by atoms with Crippen LogP contribution in [0, 0.1) is 5.92 Å². The molecule has 0 spiro atoms. The molecular formula is C14H23F3N2O. The fraction of sp³-hybridized carbons (Fsp3) is 0.929. The number of nitrogens with zero attached hydrogens (tertiary/aromatic N) is 1. The summed E-state index contributed by atoms with van der Waals surface area (Å²) >= 11 is 0. The third-order valence-electron chi connectivity index (χ3n) is 4.09. The van der Waals surface area contributed by atoms with Gasteiger partial charge in [-0.15, -0.1) is 0 Å². The van der Waals surface area contributed by atoms with Gasteiger partial charge in [0.15, 0.2) is 0 Å². The fourth-order valence-electron chi connectivity index (χ4n) is 2.90. The standard InChI is InChI=1S/C14H23F3N2O/c15-14(16,17)10-18-8-13(20)19(12-6-7-12)9-11-4-2-1-3-5-11/h11-12,18H,1-10H2. The first-order valence-corrected chi connectivity index (χ1v) is 7.52. The van der Waals surface area contributed by atoms with Crippen LogP contribution in [-0.2, 0) is 4.79 Å². The number of hydrogen-bond acceptors (Lipinski definition) is 2. The van der Waals surface area contributed by atoms with Crippen molar-refractivity contribution in [3.05, 3.63) is 0 Å². The maximum absolute atomic E-state index is 12.1. The second-order valence-electron chi connectivity index (χ2n) is 6.00. The minimum atomic E-state index is -4.26. The van der Waals surface area contributed by atoms with Gasteiger partial charge in [-0.25, -0.2) is 0 Å². The zero-order chi connectivity index (χ0) is 14.6. The van der Waals surface area contributed by atoms with Gasteiger partial charge in [-0.05, 0) is 31.6 Å². The molecule has 1 N–H and O–H groups in total. The van der Waals surface area contributed by atoms with Crippen LogP contribution in [0.25, 0.3) is 0 Å². The van der Waals surface area contributed by atoms with Crippen molar-refractivity contribution in [2.45, 2.75) is 57.2 Å². The Bertz CT molecular complexity index is 323. The summed E-state index contributed by atoms with van der Waals surface area (Å²) in [6, 6.07) is 0.275. The predicted molar refractivity (Wildman–Crippen MR) is 70.2 cm³/mol. The average molecular weight is 292 g/mol. The van der Waals surface area contributed by atoms with E-state index in [-0.39, 0.29) is 18.5 Å². The molecule has 0 radical (unpaired) electrons. The highest BCUT2D eigenvalue weighted by molar-refractivity contribution is 5.79. The Morgan fingerprint density at radius 2 is 1.75 bits per heavy atom. The molecule has 0 aromatic carbocycles. The molecule has 2 aliphatic carbocycles. The molecule has 0 aromatic heterocycles. The molecular weight excluding hydrogens is 269 g/mol. The Labute approximate surface area is 117 Å². The Balaban J connectivity index is 1.77. The molecule has 2 saturated carbocycles. The summed E-state index contributed by atoms with van der Waals surface area (Å²) in [6.45, 7) is -0.569. The summed E-state index contributed by atoms with van der Waals surface area (Å²) in [5.41, 5.74) is 0. The minimum absolute atomic E-state index is 0.178. The fourth-order valence-corrected chi connectivity index (χ4v) is 2.90. The lowest BCUT2D eigenvalue weighted by atomic mass is 9.89. The van der Waals surface area contributed by atoms with Crippen molar-refractivity contribution in [3.8, 4) is 0 Å². The smallest absolute Gasteiger partial charge is 0.338 e. The normalized spacial score (nSPS) is 20.9. The lowest BCUT2D eigenvalue weighted by Gasteiger charge is -2.30. The molecule has 0 unspecified atom stereocenters. The Kier molecular flexibility index (Phi) is 5.29. The number of hydrogen-bond donors (Lipinski definition) is 1. The van der Waals surface area contributed by atoms with E-state index < -0.39 is 12.7 Å². The van der Waals surface area contributed by atoms with Gasteiger partial charge in [-0.3, -0.25) is 4.79 Å². The van der Waals surface area contributed by atoms with Crippen LogP contribution in [0.5, 0.6) is 0 Å². The molecule has 0 aliphatic heterocycles. The number of halogens is 3. The highest BCUT2D eigenvalue weighted by Gasteiger charge is 2.34. The van der Waals surface area contributed by atoms with E-state index in [4.69, 9.17) is 0 Å². The van der Waals surface area contributed by atoms with E-state index in [1.54, 1.807) is 0 Å². The highest BCUT2D eigenvalue weighted by atomic mass is 19.4. The van der Waals surface area contributed by atoms with Gasteiger partial charge in [0.25, 0.3) is 0 Å². The molecule has 0 bridgehead atoms. The molecule has 0 atom stereocenters. The summed E-state index contributed by atoms with van der Waals surface area (Å²) in [5.74, 6) is 0.359. The number of carbonyl (C=O) groups is 1. The molecule has 0 aromatic rings. The number of carbonyl (C=O) groups excluding carboxylic acids is 1. The zero-order valence-electron chi connectivity index (χ0n) is 11.7. The van der Waals surface area contributed by atoms with E-state index in [0.29, 0.717) is 5.92 Å². The van der Waals surface area contributed by atoms with Crippen LogP contribution in [0.15, 0.2) is 0 Å². The van der Waals surface area contributed by atoms with E-state index >= 15 is 0 Å². The maximum atomic E-state index is 12.1. The van der Waals surface area contributed by atoms with Gasteiger partial charge in [0.05, 0.1) is 13.1 Å². The average Bonchev–Trinajstić information content (AvgIpc) is 3.19. The van der Waals surface area contributed by atoms with Crippen LogP contribution < -0.4 is 5.32 Å². The number of alkyl halides is 3. The zero-order valence-corrected chi connectivity index (χ0v) is 11.7. The van der Waals surface area contributed by atoms with Crippen molar-refractivity contribution >= 4 is 5.91 Å². The van der Waals surface area contributed by atoms with Gasteiger partial charge in [0, 0.05) is 12.6 Å². The summed E-state index contributed by atoms with van der Waals surface area (Å²) < 4.78 is 36.2. The quantitative estimate of drug-likeness (QED) is 0.816. The first kappa shape index (κ1) is 15.6. The SMILES string of the molecule is O=C(CNCC(F)(F)F)N(CC1CCCCC1)C1CC1. The molecule has 0 heterocycles. The van der Waals surface area contributed by atoms with Crippen LogP contribution in [0.3, 0.4) is 0 Å². The van der Waals surface area contributed by atoms with Crippen molar-refractivity contribution in [2.75, 3.05) is 19.6 Å². The second-order valence-corrected chi connectivity index (χ2v) is 6.00. The van der Waals surface area contributed by atoms with E-state index in [9.17, 15) is 18.0 Å². The largest absolute Gasteiger partial charge is 0.401 e. The van der Waals surface area contributed by atoms with E-state index in [0.717, 1.165) is 32.2 Å².